The van der Waals surface area contributed by atoms with Crippen molar-refractivity contribution in [1.82, 2.24) is 25.3 Å². The number of carbonyl (C=O) groups excluding carboxylic acids is 1. The zero-order valence-electron chi connectivity index (χ0n) is 23.8. The van der Waals surface area contributed by atoms with Crippen molar-refractivity contribution in [3.63, 3.8) is 0 Å². The zero-order chi connectivity index (χ0) is 29.2. The van der Waals surface area contributed by atoms with Crippen LogP contribution < -0.4 is 14.8 Å². The van der Waals surface area contributed by atoms with E-state index in [0.29, 0.717) is 11.6 Å². The number of nitrogens with zero attached hydrogens (tertiary/aromatic N) is 4. The van der Waals surface area contributed by atoms with Crippen LogP contribution >= 0.6 is 0 Å². The summed E-state index contributed by atoms with van der Waals surface area (Å²) in [6.45, 7) is 9.83. The summed E-state index contributed by atoms with van der Waals surface area (Å²) in [4.78, 5) is 17.3. The van der Waals surface area contributed by atoms with Crippen LogP contribution in [0.15, 0.2) is 73.2 Å². The fraction of sp³-hybridized carbons (Fsp3) is 0.355. The lowest BCUT2D eigenvalue weighted by Crippen LogP contribution is -2.50. The molecule has 4 aromatic rings. The molecule has 0 unspecified atom stereocenters. The molecule has 1 aliphatic rings. The molecule has 0 radical (unpaired) electrons. The first-order valence-corrected chi connectivity index (χ1v) is 13.5. The number of ether oxygens (including phenoxy) is 3. The molecule has 1 N–H and O–H groups in total. The van der Waals surface area contributed by atoms with Gasteiger partial charge in [0.1, 0.15) is 29.0 Å². The van der Waals surface area contributed by atoms with Gasteiger partial charge in [0.05, 0.1) is 18.6 Å². The number of amides is 1. The van der Waals surface area contributed by atoms with Crippen molar-refractivity contribution in [3.05, 3.63) is 90.1 Å². The van der Waals surface area contributed by atoms with Gasteiger partial charge in [-0.05, 0) is 56.2 Å². The Kier molecular flexibility index (Phi) is 7.66. The summed E-state index contributed by atoms with van der Waals surface area (Å²) in [5.41, 5.74) is 1.40. The number of hydrogen-bond acceptors (Lipinski definition) is 7. The van der Waals surface area contributed by atoms with Crippen LogP contribution in [0.1, 0.15) is 58.6 Å². The number of benzene rings is 2. The van der Waals surface area contributed by atoms with E-state index in [9.17, 15) is 9.18 Å². The molecule has 10 heteroatoms. The molecule has 1 aliphatic carbocycles. The highest BCUT2D eigenvalue weighted by Gasteiger charge is 2.33. The van der Waals surface area contributed by atoms with Gasteiger partial charge >= 0.3 is 6.09 Å². The number of alkyl carbamates (subject to hydrolysis) is 1. The molecule has 0 spiro atoms. The molecular formula is C31H34FN5O4. The lowest BCUT2D eigenvalue weighted by molar-refractivity contribution is 0.0363. The fourth-order valence-corrected chi connectivity index (χ4v) is 4.59. The summed E-state index contributed by atoms with van der Waals surface area (Å²) >= 11 is 0. The highest BCUT2D eigenvalue weighted by atomic mass is 19.1. The van der Waals surface area contributed by atoms with Crippen molar-refractivity contribution < 1.29 is 23.4 Å². The van der Waals surface area contributed by atoms with Gasteiger partial charge in [-0.2, -0.15) is 10.2 Å². The van der Waals surface area contributed by atoms with Crippen molar-refractivity contribution in [1.29, 1.82) is 0 Å². The van der Waals surface area contributed by atoms with Gasteiger partial charge in [-0.3, -0.25) is 0 Å². The van der Waals surface area contributed by atoms with Gasteiger partial charge in [0, 0.05) is 30.4 Å². The predicted octanol–water partition coefficient (Wildman–Crippen LogP) is 6.35. The van der Waals surface area contributed by atoms with Gasteiger partial charge in [-0.25, -0.2) is 14.2 Å². The van der Waals surface area contributed by atoms with E-state index in [0.717, 1.165) is 35.9 Å². The summed E-state index contributed by atoms with van der Waals surface area (Å²) in [7, 11) is 0. The molecule has 0 saturated heterocycles. The van der Waals surface area contributed by atoms with Crippen LogP contribution in [0.2, 0.25) is 0 Å². The average Bonchev–Trinajstić information content (AvgIpc) is 3.42. The van der Waals surface area contributed by atoms with Crippen molar-refractivity contribution in [3.8, 4) is 23.1 Å². The smallest absolute Gasteiger partial charge is 0.407 e. The van der Waals surface area contributed by atoms with Crippen LogP contribution in [0.4, 0.5) is 9.18 Å². The molecule has 2 aromatic heterocycles. The first-order valence-electron chi connectivity index (χ1n) is 13.5. The van der Waals surface area contributed by atoms with Crippen molar-refractivity contribution in [2.45, 2.75) is 70.6 Å². The maximum Gasteiger partial charge on any atom is 0.407 e. The second-order valence-electron chi connectivity index (χ2n) is 11.6. The van der Waals surface area contributed by atoms with Gasteiger partial charge in [-0.15, -0.1) is 4.80 Å². The van der Waals surface area contributed by atoms with Crippen molar-refractivity contribution in [2.75, 3.05) is 0 Å². The van der Waals surface area contributed by atoms with E-state index in [1.165, 1.54) is 23.3 Å². The van der Waals surface area contributed by atoms with E-state index in [1.54, 1.807) is 0 Å². The molecule has 1 saturated carbocycles. The van der Waals surface area contributed by atoms with Crippen molar-refractivity contribution >= 4 is 6.09 Å². The Morgan fingerprint density at radius 2 is 1.51 bits per heavy atom. The van der Waals surface area contributed by atoms with Gasteiger partial charge in [0.2, 0.25) is 5.82 Å². The van der Waals surface area contributed by atoms with E-state index in [4.69, 9.17) is 14.2 Å². The minimum atomic E-state index is -0.518. The second kappa shape index (κ2) is 11.2. The third-order valence-electron chi connectivity index (χ3n) is 6.91. The van der Waals surface area contributed by atoms with Crippen LogP contribution in [-0.4, -0.2) is 43.8 Å². The quantitative estimate of drug-likeness (QED) is 0.268. The van der Waals surface area contributed by atoms with Gasteiger partial charge in [0.25, 0.3) is 0 Å². The topological polar surface area (TPSA) is 100 Å². The summed E-state index contributed by atoms with van der Waals surface area (Å²) in [5, 5.41) is 11.0. The van der Waals surface area contributed by atoms with Crippen LogP contribution in [0.25, 0.3) is 5.82 Å². The van der Waals surface area contributed by atoms with E-state index < -0.39 is 17.5 Å². The molecule has 214 valence electrons. The van der Waals surface area contributed by atoms with Gasteiger partial charge in [0.15, 0.2) is 5.75 Å². The summed E-state index contributed by atoms with van der Waals surface area (Å²) in [6, 6.07) is 17.1. The Morgan fingerprint density at radius 3 is 2.10 bits per heavy atom. The first kappa shape index (κ1) is 28.1. The molecule has 0 bridgehead atoms. The Hall–Kier alpha value is -4.47. The normalized spacial score (nSPS) is 16.9. The number of hydrogen-bond donors (Lipinski definition) is 1. The molecule has 2 heterocycles. The lowest BCUT2D eigenvalue weighted by atomic mass is 9.78. The highest BCUT2D eigenvalue weighted by Crippen LogP contribution is 2.35. The van der Waals surface area contributed by atoms with Crippen molar-refractivity contribution in [2.24, 2.45) is 0 Å². The molecule has 41 heavy (non-hydrogen) atoms. The van der Waals surface area contributed by atoms with E-state index in [2.05, 4.69) is 46.5 Å². The molecule has 2 aromatic carbocycles. The first-order chi connectivity index (χ1) is 19.5. The summed E-state index contributed by atoms with van der Waals surface area (Å²) in [5.74, 6) is 1.31. The number of pyridine rings is 1. The molecular weight excluding hydrogens is 525 g/mol. The summed E-state index contributed by atoms with van der Waals surface area (Å²) < 4.78 is 31.3. The number of aromatic nitrogens is 4. The largest absolute Gasteiger partial charge is 0.490 e. The van der Waals surface area contributed by atoms with E-state index >= 15 is 0 Å². The van der Waals surface area contributed by atoms with Crippen LogP contribution in [0.5, 0.6) is 17.2 Å². The number of halogens is 1. The number of nitrogens with one attached hydrogen (secondary N) is 1. The second-order valence-corrected chi connectivity index (χ2v) is 11.6. The summed E-state index contributed by atoms with van der Waals surface area (Å²) in [6.07, 6.45) is 5.27. The maximum atomic E-state index is 13.9. The molecule has 0 aliphatic heterocycles. The maximum absolute atomic E-state index is 13.9. The Balaban J connectivity index is 1.18. The minimum absolute atomic E-state index is 0.0548. The zero-order valence-corrected chi connectivity index (χ0v) is 23.8. The van der Waals surface area contributed by atoms with Gasteiger partial charge < -0.3 is 19.5 Å². The van der Waals surface area contributed by atoms with Crippen LogP contribution in [0.3, 0.4) is 0 Å². The fourth-order valence-electron chi connectivity index (χ4n) is 4.59. The Morgan fingerprint density at radius 1 is 0.927 bits per heavy atom. The molecule has 1 amide bonds. The number of carbonyl (C=O) groups is 1. The standard InChI is InChI=1S/C31H34FN5O4/c1-30(2,3)41-29(38)36-23-17-26(18-23)39-24-10-6-20(7-11-24)31(4,5)21-8-12-25(13-9-21)40-27-16-22(32)19-33-28(27)37-34-14-15-35-37/h6-16,19,23,26H,17-18H2,1-5H3,(H,36,38)/t23-,26-. The lowest BCUT2D eigenvalue weighted by Gasteiger charge is -2.36. The SMILES string of the molecule is CC(C)(C)OC(=O)N[C@H]1C[C@H](Oc2ccc(C(C)(C)c3ccc(Oc4cc(F)cnc4-n4nccn4)cc3)cc2)C1. The van der Waals surface area contributed by atoms with Gasteiger partial charge in [-0.1, -0.05) is 38.1 Å². The monoisotopic (exact) mass is 559 g/mol. The molecule has 9 nitrogen and oxygen atoms in total. The van der Waals surface area contributed by atoms with Crippen LogP contribution in [-0.2, 0) is 10.2 Å². The molecule has 0 atom stereocenters. The average molecular weight is 560 g/mol. The minimum Gasteiger partial charge on any atom is -0.490 e. The third kappa shape index (κ3) is 6.82. The van der Waals surface area contributed by atoms with Crippen LogP contribution in [0, 0.1) is 5.82 Å². The highest BCUT2D eigenvalue weighted by molar-refractivity contribution is 5.68. The Bertz CT molecular complexity index is 1480. The Labute approximate surface area is 238 Å². The third-order valence-corrected chi connectivity index (χ3v) is 6.91. The molecule has 5 rings (SSSR count). The van der Waals surface area contributed by atoms with E-state index in [1.807, 2.05) is 57.2 Å². The number of rotatable bonds is 8. The van der Waals surface area contributed by atoms with E-state index in [-0.39, 0.29) is 23.3 Å². The molecule has 1 fully saturated rings. The predicted molar refractivity (Wildman–Crippen MR) is 151 cm³/mol.